The number of rotatable bonds is 1. The maximum atomic E-state index is 6.02. The first-order valence-corrected chi connectivity index (χ1v) is 4.28. The summed E-state index contributed by atoms with van der Waals surface area (Å²) < 4.78 is 3.99. The van der Waals surface area contributed by atoms with Crippen LogP contribution < -0.4 is 5.73 Å². The molecule has 2 aromatic rings. The Morgan fingerprint density at radius 2 is 2.15 bits per heavy atom. The van der Waals surface area contributed by atoms with E-state index in [1.54, 1.807) is 6.20 Å². The van der Waals surface area contributed by atoms with Gasteiger partial charge >= 0.3 is 0 Å². The van der Waals surface area contributed by atoms with Crippen molar-refractivity contribution < 1.29 is 0 Å². The van der Waals surface area contributed by atoms with Gasteiger partial charge in [-0.2, -0.15) is 0 Å². The highest BCUT2D eigenvalue weighted by molar-refractivity contribution is 5.35. The van der Waals surface area contributed by atoms with Gasteiger partial charge in [0.25, 0.3) is 0 Å². The molecule has 0 atom stereocenters. The predicted molar refractivity (Wildman–Crippen MR) is 51.4 cm³/mol. The third kappa shape index (κ3) is 1.14. The van der Waals surface area contributed by atoms with Gasteiger partial charge in [-0.3, -0.25) is 4.40 Å². The molecule has 0 spiro atoms. The van der Waals surface area contributed by atoms with E-state index in [-0.39, 0.29) is 5.54 Å². The van der Waals surface area contributed by atoms with Gasteiger partial charge < -0.3 is 10.3 Å². The van der Waals surface area contributed by atoms with Crippen molar-refractivity contribution in [2.75, 3.05) is 0 Å². The Bertz CT molecular complexity index is 430. The van der Waals surface area contributed by atoms with Gasteiger partial charge in [0, 0.05) is 25.6 Å². The van der Waals surface area contributed by atoms with E-state index in [4.69, 9.17) is 5.73 Å². The topological polar surface area (TPSA) is 48.2 Å². The Labute approximate surface area is 77.0 Å². The summed E-state index contributed by atoms with van der Waals surface area (Å²) in [5.74, 6) is 0.925. The number of aromatic nitrogens is 3. The first-order valence-electron chi connectivity index (χ1n) is 4.28. The Kier molecular flexibility index (Phi) is 1.51. The molecule has 0 aliphatic carbocycles. The van der Waals surface area contributed by atoms with Crippen LogP contribution >= 0.6 is 0 Å². The van der Waals surface area contributed by atoms with Crippen LogP contribution in [0.3, 0.4) is 0 Å². The fourth-order valence-electron chi connectivity index (χ4n) is 1.59. The summed E-state index contributed by atoms with van der Waals surface area (Å²) in [4.78, 5) is 4.22. The summed E-state index contributed by atoms with van der Waals surface area (Å²) in [6, 6.07) is 0. The van der Waals surface area contributed by atoms with Crippen LogP contribution in [0.2, 0.25) is 0 Å². The zero-order valence-corrected chi connectivity index (χ0v) is 8.15. The van der Waals surface area contributed by atoms with E-state index in [1.165, 1.54) is 0 Å². The van der Waals surface area contributed by atoms with Gasteiger partial charge in [0.05, 0.1) is 11.2 Å². The number of hydrogen-bond donors (Lipinski definition) is 1. The minimum Gasteiger partial charge on any atom is -0.321 e. The van der Waals surface area contributed by atoms with Crippen molar-refractivity contribution in [1.82, 2.24) is 14.0 Å². The van der Waals surface area contributed by atoms with Crippen LogP contribution in [0.1, 0.15) is 19.5 Å². The van der Waals surface area contributed by atoms with Crippen molar-refractivity contribution in [2.24, 2.45) is 12.8 Å². The molecule has 4 nitrogen and oxygen atoms in total. The molecule has 0 amide bonds. The maximum absolute atomic E-state index is 6.02. The van der Waals surface area contributed by atoms with Crippen LogP contribution in [-0.4, -0.2) is 14.0 Å². The number of hydrogen-bond acceptors (Lipinski definition) is 2. The smallest absolute Gasteiger partial charge is 0.213 e. The summed E-state index contributed by atoms with van der Waals surface area (Å²) >= 11 is 0. The van der Waals surface area contributed by atoms with E-state index in [2.05, 4.69) is 4.98 Å². The largest absolute Gasteiger partial charge is 0.321 e. The van der Waals surface area contributed by atoms with Gasteiger partial charge in [-0.05, 0) is 13.8 Å². The molecule has 13 heavy (non-hydrogen) atoms. The van der Waals surface area contributed by atoms with E-state index in [9.17, 15) is 0 Å². The van der Waals surface area contributed by atoms with Crippen LogP contribution in [-0.2, 0) is 12.6 Å². The fraction of sp³-hybridized carbons (Fsp3) is 0.444. The van der Waals surface area contributed by atoms with Crippen molar-refractivity contribution in [1.29, 1.82) is 0 Å². The molecule has 0 saturated heterocycles. The SMILES string of the molecule is Cn1c(C(C)(C)N)cn2ccnc12. The highest BCUT2D eigenvalue weighted by Crippen LogP contribution is 2.18. The lowest BCUT2D eigenvalue weighted by Gasteiger charge is -2.18. The molecule has 0 saturated carbocycles. The lowest BCUT2D eigenvalue weighted by molar-refractivity contribution is 0.515. The van der Waals surface area contributed by atoms with Crippen molar-refractivity contribution >= 4 is 5.78 Å². The molecule has 0 unspecified atom stereocenters. The number of imidazole rings is 2. The van der Waals surface area contributed by atoms with Crippen LogP contribution in [0.15, 0.2) is 18.6 Å². The van der Waals surface area contributed by atoms with Gasteiger partial charge in [-0.15, -0.1) is 0 Å². The number of nitrogens with zero attached hydrogens (tertiary/aromatic N) is 3. The lowest BCUT2D eigenvalue weighted by Crippen LogP contribution is -2.31. The normalized spacial score (nSPS) is 12.6. The minimum atomic E-state index is -0.324. The molecule has 4 heteroatoms. The molecular formula is C9H14N4. The average molecular weight is 178 g/mol. The summed E-state index contributed by atoms with van der Waals surface area (Å²) in [6.07, 6.45) is 5.72. The second kappa shape index (κ2) is 2.35. The van der Waals surface area contributed by atoms with E-state index >= 15 is 0 Å². The second-order valence-electron chi connectivity index (χ2n) is 3.93. The van der Waals surface area contributed by atoms with E-state index in [0.717, 1.165) is 11.5 Å². The van der Waals surface area contributed by atoms with E-state index in [1.807, 2.05) is 42.3 Å². The first-order chi connectivity index (χ1) is 6.00. The molecule has 0 bridgehead atoms. The quantitative estimate of drug-likeness (QED) is 0.704. The molecule has 0 aliphatic heterocycles. The third-order valence-electron chi connectivity index (χ3n) is 2.23. The second-order valence-corrected chi connectivity index (χ2v) is 3.93. The molecule has 2 rings (SSSR count). The first kappa shape index (κ1) is 8.31. The maximum Gasteiger partial charge on any atom is 0.213 e. The van der Waals surface area contributed by atoms with Crippen LogP contribution in [0, 0.1) is 0 Å². The molecule has 0 aromatic carbocycles. The zero-order chi connectivity index (χ0) is 9.64. The van der Waals surface area contributed by atoms with Gasteiger partial charge in [-0.1, -0.05) is 0 Å². The standard InChI is InChI=1S/C9H14N4/c1-9(2,10)7-6-13-5-4-11-8(13)12(7)3/h4-6H,10H2,1-3H3. The Morgan fingerprint density at radius 3 is 2.69 bits per heavy atom. The minimum absolute atomic E-state index is 0.324. The summed E-state index contributed by atoms with van der Waals surface area (Å²) in [5, 5.41) is 0. The fourth-order valence-corrected chi connectivity index (χ4v) is 1.59. The Hall–Kier alpha value is -1.29. The van der Waals surface area contributed by atoms with Crippen molar-refractivity contribution in [3.05, 3.63) is 24.3 Å². The predicted octanol–water partition coefficient (Wildman–Crippen LogP) is 0.867. The van der Waals surface area contributed by atoms with E-state index in [0.29, 0.717) is 0 Å². The van der Waals surface area contributed by atoms with Crippen LogP contribution in [0.5, 0.6) is 0 Å². The molecule has 2 aromatic heterocycles. The molecular weight excluding hydrogens is 164 g/mol. The van der Waals surface area contributed by atoms with Crippen molar-refractivity contribution in [2.45, 2.75) is 19.4 Å². The number of fused-ring (bicyclic) bond motifs is 1. The number of nitrogens with two attached hydrogens (primary N) is 1. The van der Waals surface area contributed by atoms with Crippen molar-refractivity contribution in [3.63, 3.8) is 0 Å². The van der Waals surface area contributed by atoms with Gasteiger partial charge in [0.1, 0.15) is 0 Å². The van der Waals surface area contributed by atoms with E-state index < -0.39 is 0 Å². The van der Waals surface area contributed by atoms with Crippen LogP contribution in [0.4, 0.5) is 0 Å². The molecule has 2 heterocycles. The Balaban J connectivity index is 2.71. The van der Waals surface area contributed by atoms with Crippen molar-refractivity contribution in [3.8, 4) is 0 Å². The number of aryl methyl sites for hydroxylation is 1. The highest BCUT2D eigenvalue weighted by atomic mass is 15.2. The van der Waals surface area contributed by atoms with Crippen LogP contribution in [0.25, 0.3) is 5.78 Å². The zero-order valence-electron chi connectivity index (χ0n) is 8.15. The molecule has 0 fully saturated rings. The summed E-state index contributed by atoms with van der Waals surface area (Å²) in [7, 11) is 1.98. The molecule has 0 radical (unpaired) electrons. The van der Waals surface area contributed by atoms with Gasteiger partial charge in [0.15, 0.2) is 0 Å². The molecule has 2 N–H and O–H groups in total. The monoisotopic (exact) mass is 178 g/mol. The lowest BCUT2D eigenvalue weighted by atomic mass is 10.0. The Morgan fingerprint density at radius 1 is 1.46 bits per heavy atom. The summed E-state index contributed by atoms with van der Waals surface area (Å²) in [5.41, 5.74) is 6.77. The van der Waals surface area contributed by atoms with Gasteiger partial charge in [0.2, 0.25) is 5.78 Å². The molecule has 0 aliphatic rings. The molecule has 70 valence electrons. The van der Waals surface area contributed by atoms with Gasteiger partial charge in [-0.25, -0.2) is 4.98 Å². The third-order valence-corrected chi connectivity index (χ3v) is 2.23. The highest BCUT2D eigenvalue weighted by Gasteiger charge is 2.19. The summed E-state index contributed by atoms with van der Waals surface area (Å²) in [6.45, 7) is 3.98. The average Bonchev–Trinajstić information content (AvgIpc) is 2.51.